The number of ether oxygens (including phenoxy) is 9. The van der Waals surface area contributed by atoms with Crippen LogP contribution in [0.3, 0.4) is 0 Å². The van der Waals surface area contributed by atoms with Gasteiger partial charge in [-0.3, -0.25) is 4.79 Å². The van der Waals surface area contributed by atoms with Crippen molar-refractivity contribution in [3.05, 3.63) is 0 Å². The fourth-order valence-corrected chi connectivity index (χ4v) is 7.30. The molecule has 0 unspecified atom stereocenters. The minimum Gasteiger partial charge on any atom is -0.394 e. The number of hydrogen-bond donors (Lipinski definition) is 17. The topological polar surface area (TPSA) is 436 Å². The third-order valence-electron chi connectivity index (χ3n) is 10.7. The molecule has 344 valence electrons. The standard InChI is InChI=1S/C32H55NO26/c1-7(38)33-13-18(43)25(11(5-37)52-28(13)50)57-31-24(49)26(17(42)12(56-31)6-51-29-22(47)19(44)14(39)8(2-34)53-29)58-32-27(21(46)16(41)10(4-36)55-32)59-30-23(48)20(45)15(40)9(3-35)54-30/h8-32,34-37,39-50H,2-6H2,1H3,(H,33,38)/t8-,9+,10+,11+,12-,13+,14-,15+,16+,17-,18+,19+,20-,21-,22+,23-,24+,25+,26+,27-,28+,29+,30+,31+,32+/m1/s1. The van der Waals surface area contributed by atoms with Crippen LogP contribution in [0.4, 0.5) is 0 Å². The van der Waals surface area contributed by atoms with Gasteiger partial charge in [-0.25, -0.2) is 0 Å². The zero-order chi connectivity index (χ0) is 43.6. The van der Waals surface area contributed by atoms with E-state index in [9.17, 15) is 86.5 Å². The molecule has 0 aromatic carbocycles. The zero-order valence-electron chi connectivity index (χ0n) is 31.2. The maximum Gasteiger partial charge on any atom is 0.217 e. The van der Waals surface area contributed by atoms with Gasteiger partial charge in [0.05, 0.1) is 33.0 Å². The first-order valence-corrected chi connectivity index (χ1v) is 18.6. The van der Waals surface area contributed by atoms with Crippen LogP contribution in [0.15, 0.2) is 0 Å². The molecule has 5 rings (SSSR count). The first-order valence-electron chi connectivity index (χ1n) is 18.6. The molecule has 5 fully saturated rings. The summed E-state index contributed by atoms with van der Waals surface area (Å²) in [5, 5.41) is 170. The molecule has 0 aromatic rings. The van der Waals surface area contributed by atoms with Gasteiger partial charge in [-0.1, -0.05) is 0 Å². The lowest BCUT2D eigenvalue weighted by Gasteiger charge is -2.49. The van der Waals surface area contributed by atoms with Gasteiger partial charge in [0.2, 0.25) is 5.91 Å². The van der Waals surface area contributed by atoms with E-state index in [1.807, 2.05) is 0 Å². The monoisotopic (exact) mass is 869 g/mol. The molecule has 0 spiro atoms. The van der Waals surface area contributed by atoms with Gasteiger partial charge in [-0.2, -0.15) is 0 Å². The van der Waals surface area contributed by atoms with Gasteiger partial charge in [-0.05, 0) is 0 Å². The van der Waals surface area contributed by atoms with Crippen molar-refractivity contribution in [2.45, 2.75) is 160 Å². The van der Waals surface area contributed by atoms with Crippen LogP contribution in [-0.2, 0) is 47.4 Å². The maximum absolute atomic E-state index is 11.8. The van der Waals surface area contributed by atoms with Gasteiger partial charge in [-0.15, -0.1) is 0 Å². The predicted octanol–water partition coefficient (Wildman–Crippen LogP) is -11.8. The molecular formula is C32H55NO26. The number of nitrogens with one attached hydrogen (secondary N) is 1. The van der Waals surface area contributed by atoms with Crippen molar-refractivity contribution in [2.75, 3.05) is 33.0 Å². The molecule has 0 bridgehead atoms. The Morgan fingerprint density at radius 1 is 0.441 bits per heavy atom. The molecule has 0 aromatic heterocycles. The van der Waals surface area contributed by atoms with Crippen LogP contribution in [-0.4, -0.2) is 274 Å². The van der Waals surface area contributed by atoms with Gasteiger partial charge >= 0.3 is 0 Å². The first-order chi connectivity index (χ1) is 27.9. The summed E-state index contributed by atoms with van der Waals surface area (Å²) >= 11 is 0. The van der Waals surface area contributed by atoms with Crippen LogP contribution in [0.25, 0.3) is 0 Å². The van der Waals surface area contributed by atoms with Crippen LogP contribution in [0.1, 0.15) is 6.92 Å². The second-order valence-electron chi connectivity index (χ2n) is 14.7. The summed E-state index contributed by atoms with van der Waals surface area (Å²) < 4.78 is 50.4. The smallest absolute Gasteiger partial charge is 0.217 e. The van der Waals surface area contributed by atoms with E-state index < -0.39 is 192 Å². The van der Waals surface area contributed by atoms with Gasteiger partial charge in [0.1, 0.15) is 122 Å². The van der Waals surface area contributed by atoms with Crippen molar-refractivity contribution in [3.8, 4) is 0 Å². The third kappa shape index (κ3) is 10.3. The summed E-state index contributed by atoms with van der Waals surface area (Å²) in [5.74, 6) is -0.727. The number of carbonyl (C=O) groups excluding carboxylic acids is 1. The molecule has 25 atom stereocenters. The number of carbonyl (C=O) groups is 1. The van der Waals surface area contributed by atoms with E-state index in [2.05, 4.69) is 5.32 Å². The average Bonchev–Trinajstić information content (AvgIpc) is 3.21. The Morgan fingerprint density at radius 2 is 0.881 bits per heavy atom. The van der Waals surface area contributed by atoms with E-state index in [0.717, 1.165) is 6.92 Å². The van der Waals surface area contributed by atoms with E-state index in [4.69, 9.17) is 42.6 Å². The van der Waals surface area contributed by atoms with Crippen LogP contribution in [0.2, 0.25) is 0 Å². The fourth-order valence-electron chi connectivity index (χ4n) is 7.30. The highest BCUT2D eigenvalue weighted by atomic mass is 16.8. The molecule has 5 saturated heterocycles. The molecule has 0 saturated carbocycles. The van der Waals surface area contributed by atoms with Crippen LogP contribution in [0.5, 0.6) is 0 Å². The molecular weight excluding hydrogens is 814 g/mol. The third-order valence-corrected chi connectivity index (χ3v) is 10.7. The first kappa shape index (κ1) is 48.5. The molecule has 17 N–H and O–H groups in total. The van der Waals surface area contributed by atoms with Crippen molar-refractivity contribution in [2.24, 2.45) is 0 Å². The molecule has 0 radical (unpaired) electrons. The van der Waals surface area contributed by atoms with Crippen LogP contribution in [0, 0.1) is 0 Å². The van der Waals surface area contributed by atoms with Crippen LogP contribution < -0.4 is 5.32 Å². The Bertz CT molecular complexity index is 1320. The van der Waals surface area contributed by atoms with E-state index in [-0.39, 0.29) is 0 Å². The lowest BCUT2D eigenvalue weighted by molar-refractivity contribution is -0.396. The lowest BCUT2D eigenvalue weighted by Crippen LogP contribution is -2.69. The lowest BCUT2D eigenvalue weighted by atomic mass is 9.95. The van der Waals surface area contributed by atoms with Crippen molar-refractivity contribution in [1.82, 2.24) is 5.32 Å². The summed E-state index contributed by atoms with van der Waals surface area (Å²) in [6, 6.07) is -1.57. The van der Waals surface area contributed by atoms with E-state index in [0.29, 0.717) is 0 Å². The summed E-state index contributed by atoms with van der Waals surface area (Å²) in [6.45, 7) is -3.40. The normalized spacial score (nSPS) is 51.0. The van der Waals surface area contributed by atoms with Crippen molar-refractivity contribution in [1.29, 1.82) is 0 Å². The Labute approximate surface area is 333 Å². The van der Waals surface area contributed by atoms with Gasteiger partial charge in [0.15, 0.2) is 31.5 Å². The van der Waals surface area contributed by atoms with Crippen molar-refractivity contribution in [3.63, 3.8) is 0 Å². The van der Waals surface area contributed by atoms with E-state index in [1.54, 1.807) is 0 Å². The molecule has 0 aliphatic carbocycles. The Morgan fingerprint density at radius 3 is 1.42 bits per heavy atom. The Hall–Kier alpha value is -1.53. The zero-order valence-corrected chi connectivity index (χ0v) is 31.2. The second-order valence-corrected chi connectivity index (χ2v) is 14.7. The van der Waals surface area contributed by atoms with E-state index >= 15 is 0 Å². The minimum absolute atomic E-state index is 0.727. The number of hydrogen-bond acceptors (Lipinski definition) is 26. The van der Waals surface area contributed by atoms with E-state index in [1.165, 1.54) is 0 Å². The SMILES string of the molecule is CC(=O)N[C@H]1[C@H](O)[C@@H](O[C@@H]2O[C@H](CO[C@H]3O[C@H](CO)[C@@H](O)[C@H](O)[C@@H]3O)[C@@H](O)[C@H](O[C@@H]3O[C@@H](CO)[C@H](O)[C@@H](O)[C@H]3O[C@@H]3O[C@@H](CO)[C@H](O)[C@@H](O)[C@H]3O)[C@@H]2O)[C@H](CO)O[C@@H]1O. The maximum atomic E-state index is 11.8. The van der Waals surface area contributed by atoms with Crippen molar-refractivity contribution < 1.29 is 129 Å². The quantitative estimate of drug-likeness (QED) is 0.0770. The number of aliphatic hydroxyl groups excluding tert-OH is 16. The molecule has 27 heteroatoms. The highest BCUT2D eigenvalue weighted by Crippen LogP contribution is 2.35. The van der Waals surface area contributed by atoms with Gasteiger partial charge in [0, 0.05) is 6.92 Å². The Kier molecular flexibility index (Phi) is 17.1. The summed E-state index contributed by atoms with van der Waals surface area (Å²) in [5.41, 5.74) is 0. The van der Waals surface area contributed by atoms with Gasteiger partial charge in [0.25, 0.3) is 0 Å². The summed E-state index contributed by atoms with van der Waals surface area (Å²) in [6.07, 6.45) is -45.2. The van der Waals surface area contributed by atoms with Crippen molar-refractivity contribution >= 4 is 5.91 Å². The van der Waals surface area contributed by atoms with Gasteiger partial charge < -0.3 is 130 Å². The molecule has 5 heterocycles. The second kappa shape index (κ2) is 20.8. The largest absolute Gasteiger partial charge is 0.394 e. The average molecular weight is 870 g/mol. The molecule has 5 aliphatic rings. The fraction of sp³-hybridized carbons (Fsp3) is 0.969. The number of amides is 1. The molecule has 59 heavy (non-hydrogen) atoms. The molecule has 5 aliphatic heterocycles. The highest BCUT2D eigenvalue weighted by molar-refractivity contribution is 5.73. The minimum atomic E-state index is -2.21. The highest BCUT2D eigenvalue weighted by Gasteiger charge is 2.56. The Balaban J connectivity index is 1.45. The molecule has 27 nitrogen and oxygen atoms in total. The number of rotatable bonds is 14. The predicted molar refractivity (Wildman–Crippen MR) is 178 cm³/mol. The summed E-state index contributed by atoms with van der Waals surface area (Å²) in [7, 11) is 0. The molecule has 1 amide bonds. The number of aliphatic hydroxyl groups is 16. The van der Waals surface area contributed by atoms with Crippen LogP contribution >= 0.6 is 0 Å². The summed E-state index contributed by atoms with van der Waals surface area (Å²) in [4.78, 5) is 11.8.